The summed E-state index contributed by atoms with van der Waals surface area (Å²) < 4.78 is 0.689. The second kappa shape index (κ2) is 6.58. The lowest BCUT2D eigenvalue weighted by Crippen LogP contribution is -2.48. The van der Waals surface area contributed by atoms with Gasteiger partial charge in [0.1, 0.15) is 0 Å². The molecule has 0 aliphatic carbocycles. The Hall–Kier alpha value is -2.40. The first-order valence-electron chi connectivity index (χ1n) is 7.47. The number of amides is 1. The number of benzene rings is 1. The number of rotatable bonds is 3. The van der Waals surface area contributed by atoms with Crippen LogP contribution in [0.3, 0.4) is 0 Å². The molecular weight excluding hydrogens is 278 g/mol. The Bertz CT molecular complexity index is 620. The van der Waals surface area contributed by atoms with E-state index in [1.54, 1.807) is 12.1 Å². The van der Waals surface area contributed by atoms with Crippen LogP contribution in [-0.2, 0) is 6.54 Å². The average molecular weight is 297 g/mol. The monoisotopic (exact) mass is 297 g/mol. The normalized spacial score (nSPS) is 15.7. The first kappa shape index (κ1) is 14.5. The molecule has 1 aromatic heterocycles. The minimum atomic E-state index is -0.0000360. The van der Waals surface area contributed by atoms with Gasteiger partial charge in [-0.25, -0.2) is 0 Å². The van der Waals surface area contributed by atoms with Crippen molar-refractivity contribution in [2.75, 3.05) is 26.2 Å². The van der Waals surface area contributed by atoms with Gasteiger partial charge in [0.25, 0.3) is 5.91 Å². The van der Waals surface area contributed by atoms with E-state index in [0.717, 1.165) is 32.7 Å². The summed E-state index contributed by atoms with van der Waals surface area (Å²) in [4.78, 5) is 16.6. The average Bonchev–Trinajstić information content (AvgIpc) is 2.57. The van der Waals surface area contributed by atoms with Crippen LogP contribution < -0.4 is 4.73 Å². The van der Waals surface area contributed by atoms with Gasteiger partial charge in [0.2, 0.25) is 0 Å². The maximum atomic E-state index is 12.4. The summed E-state index contributed by atoms with van der Waals surface area (Å²) in [5, 5.41) is 11.0. The zero-order valence-corrected chi connectivity index (χ0v) is 12.4. The second-order valence-electron chi connectivity index (χ2n) is 5.50. The van der Waals surface area contributed by atoms with Gasteiger partial charge in [-0.3, -0.25) is 9.69 Å². The first-order chi connectivity index (χ1) is 10.7. The van der Waals surface area contributed by atoms with Crippen LogP contribution in [0, 0.1) is 5.21 Å². The Labute approximate surface area is 130 Å². The minimum Gasteiger partial charge on any atom is -0.619 e. The van der Waals surface area contributed by atoms with Crippen molar-refractivity contribution in [2.24, 2.45) is 0 Å². The zero-order chi connectivity index (χ0) is 15.4. The van der Waals surface area contributed by atoms with Gasteiger partial charge in [0.15, 0.2) is 12.4 Å². The lowest BCUT2D eigenvalue weighted by molar-refractivity contribution is -0.605. The van der Waals surface area contributed by atoms with Crippen LogP contribution in [0.2, 0.25) is 0 Å². The highest BCUT2D eigenvalue weighted by molar-refractivity contribution is 5.94. The van der Waals surface area contributed by atoms with E-state index >= 15 is 0 Å². The highest BCUT2D eigenvalue weighted by Crippen LogP contribution is 2.11. The number of nitrogens with zero attached hydrogens (tertiary/aromatic N) is 3. The summed E-state index contributed by atoms with van der Waals surface area (Å²) in [7, 11) is 0. The quantitative estimate of drug-likeness (QED) is 0.633. The molecule has 5 nitrogen and oxygen atoms in total. The van der Waals surface area contributed by atoms with Crippen molar-refractivity contribution >= 4 is 5.91 Å². The molecule has 0 N–H and O–H groups in total. The van der Waals surface area contributed by atoms with E-state index < -0.39 is 0 Å². The van der Waals surface area contributed by atoms with Crippen LogP contribution in [-0.4, -0.2) is 41.9 Å². The Morgan fingerprint density at radius 1 is 1.00 bits per heavy atom. The number of carbonyl (C=O) groups excluding carboxylic acids is 1. The fourth-order valence-electron chi connectivity index (χ4n) is 2.69. The van der Waals surface area contributed by atoms with E-state index in [1.165, 1.54) is 18.0 Å². The number of aromatic nitrogens is 1. The van der Waals surface area contributed by atoms with Crippen molar-refractivity contribution in [3.8, 4) is 0 Å². The minimum absolute atomic E-state index is 0.0000360. The molecule has 2 heterocycles. The van der Waals surface area contributed by atoms with Crippen LogP contribution in [0.15, 0.2) is 54.9 Å². The molecule has 1 fully saturated rings. The molecule has 1 aliphatic rings. The molecule has 114 valence electrons. The van der Waals surface area contributed by atoms with Crippen molar-refractivity contribution < 1.29 is 9.52 Å². The summed E-state index contributed by atoms with van der Waals surface area (Å²) in [6.07, 6.45) is 2.72. The van der Waals surface area contributed by atoms with E-state index in [2.05, 4.69) is 17.0 Å². The van der Waals surface area contributed by atoms with Crippen molar-refractivity contribution in [1.29, 1.82) is 0 Å². The fourth-order valence-corrected chi connectivity index (χ4v) is 2.69. The van der Waals surface area contributed by atoms with Gasteiger partial charge >= 0.3 is 0 Å². The molecule has 0 spiro atoms. The number of hydrogen-bond donors (Lipinski definition) is 0. The summed E-state index contributed by atoms with van der Waals surface area (Å²) >= 11 is 0. The molecule has 22 heavy (non-hydrogen) atoms. The summed E-state index contributed by atoms with van der Waals surface area (Å²) in [5.74, 6) is -0.0000360. The zero-order valence-electron chi connectivity index (χ0n) is 12.4. The van der Waals surface area contributed by atoms with Gasteiger partial charge in [-0.1, -0.05) is 30.3 Å². The smallest absolute Gasteiger partial charge is 0.254 e. The van der Waals surface area contributed by atoms with Gasteiger partial charge in [-0.15, -0.1) is 0 Å². The molecule has 0 atom stereocenters. The van der Waals surface area contributed by atoms with Crippen LogP contribution in [0.5, 0.6) is 0 Å². The Balaban J connectivity index is 1.55. The van der Waals surface area contributed by atoms with Crippen LogP contribution >= 0.6 is 0 Å². The summed E-state index contributed by atoms with van der Waals surface area (Å²) in [5.41, 5.74) is 1.87. The molecule has 2 aromatic rings. The van der Waals surface area contributed by atoms with Gasteiger partial charge in [-0.05, 0) is 5.56 Å². The third-order valence-electron chi connectivity index (χ3n) is 3.96. The predicted octanol–water partition coefficient (Wildman–Crippen LogP) is 1.28. The largest absolute Gasteiger partial charge is 0.619 e. The van der Waals surface area contributed by atoms with Crippen molar-refractivity contribution in [2.45, 2.75) is 6.54 Å². The Morgan fingerprint density at radius 2 is 1.64 bits per heavy atom. The van der Waals surface area contributed by atoms with E-state index in [1.807, 2.05) is 23.1 Å². The van der Waals surface area contributed by atoms with Crippen LogP contribution in [0.25, 0.3) is 0 Å². The SMILES string of the molecule is O=C(c1cc[n+]([O-])cc1)N1CCN(Cc2ccccc2)CC1. The lowest BCUT2D eigenvalue weighted by Gasteiger charge is -2.34. The Morgan fingerprint density at radius 3 is 2.27 bits per heavy atom. The molecule has 1 amide bonds. The van der Waals surface area contributed by atoms with Crippen molar-refractivity contribution in [3.05, 3.63) is 71.2 Å². The lowest BCUT2D eigenvalue weighted by atomic mass is 10.2. The molecule has 1 aromatic carbocycles. The number of pyridine rings is 1. The van der Waals surface area contributed by atoms with Gasteiger partial charge < -0.3 is 10.1 Å². The maximum Gasteiger partial charge on any atom is 0.254 e. The van der Waals surface area contributed by atoms with Gasteiger partial charge in [0.05, 0.1) is 5.56 Å². The third kappa shape index (κ3) is 3.43. The molecule has 0 saturated carbocycles. The molecule has 3 rings (SSSR count). The molecule has 0 radical (unpaired) electrons. The van der Waals surface area contributed by atoms with Crippen LogP contribution in [0.1, 0.15) is 15.9 Å². The third-order valence-corrected chi connectivity index (χ3v) is 3.96. The molecule has 5 heteroatoms. The predicted molar refractivity (Wildman–Crippen MR) is 83.0 cm³/mol. The standard InChI is InChI=1S/C17H19N3O2/c21-17(16-6-8-20(22)9-7-16)19-12-10-18(11-13-19)14-15-4-2-1-3-5-15/h1-9H,10-14H2. The number of piperazine rings is 1. The van der Waals surface area contributed by atoms with E-state index in [-0.39, 0.29) is 5.91 Å². The van der Waals surface area contributed by atoms with E-state index in [4.69, 9.17) is 0 Å². The molecular formula is C17H19N3O2. The Kier molecular flexibility index (Phi) is 4.34. The highest BCUT2D eigenvalue weighted by atomic mass is 16.5. The highest BCUT2D eigenvalue weighted by Gasteiger charge is 2.22. The van der Waals surface area contributed by atoms with E-state index in [0.29, 0.717) is 10.3 Å². The second-order valence-corrected chi connectivity index (χ2v) is 5.50. The van der Waals surface area contributed by atoms with E-state index in [9.17, 15) is 10.0 Å². The summed E-state index contributed by atoms with van der Waals surface area (Å²) in [6, 6.07) is 13.5. The molecule has 1 aliphatic heterocycles. The number of carbonyl (C=O) groups is 1. The fraction of sp³-hybridized carbons (Fsp3) is 0.294. The first-order valence-corrected chi connectivity index (χ1v) is 7.47. The van der Waals surface area contributed by atoms with Gasteiger partial charge in [0, 0.05) is 44.9 Å². The molecule has 0 unspecified atom stereocenters. The van der Waals surface area contributed by atoms with Crippen molar-refractivity contribution in [3.63, 3.8) is 0 Å². The maximum absolute atomic E-state index is 12.4. The number of hydrogen-bond acceptors (Lipinski definition) is 3. The van der Waals surface area contributed by atoms with Gasteiger partial charge in [-0.2, -0.15) is 4.73 Å². The topological polar surface area (TPSA) is 50.5 Å². The molecule has 1 saturated heterocycles. The summed E-state index contributed by atoms with van der Waals surface area (Å²) in [6.45, 7) is 4.10. The molecule has 0 bridgehead atoms. The van der Waals surface area contributed by atoms with Crippen LogP contribution in [0.4, 0.5) is 0 Å². The van der Waals surface area contributed by atoms with Crippen molar-refractivity contribution in [1.82, 2.24) is 9.80 Å².